The van der Waals surface area contributed by atoms with Crippen LogP contribution in [0.15, 0.2) is 24.3 Å². The van der Waals surface area contributed by atoms with Gasteiger partial charge in [-0.05, 0) is 24.5 Å². The summed E-state index contributed by atoms with van der Waals surface area (Å²) < 4.78 is 0. The lowest BCUT2D eigenvalue weighted by Gasteiger charge is -2.24. The standard InChI is InChI=1S/C15H19NO/c1-5-15(3,4)14(17)13(10-16)12-9-7-6-8-11(12)2/h6-9,13H,5H2,1-4H3. The smallest absolute Gasteiger partial charge is 0.160 e. The van der Waals surface area contributed by atoms with Crippen molar-refractivity contribution in [3.8, 4) is 6.07 Å². The van der Waals surface area contributed by atoms with E-state index in [1.165, 1.54) is 0 Å². The Hall–Kier alpha value is -1.62. The molecule has 0 heterocycles. The molecule has 0 aliphatic heterocycles. The van der Waals surface area contributed by atoms with Crippen LogP contribution >= 0.6 is 0 Å². The lowest BCUT2D eigenvalue weighted by atomic mass is 9.76. The van der Waals surface area contributed by atoms with Crippen LogP contribution in [0.3, 0.4) is 0 Å². The lowest BCUT2D eigenvalue weighted by Crippen LogP contribution is -2.28. The molecule has 0 saturated carbocycles. The van der Waals surface area contributed by atoms with Gasteiger partial charge in [0.25, 0.3) is 0 Å². The Kier molecular flexibility index (Phi) is 4.07. The van der Waals surface area contributed by atoms with E-state index in [4.69, 9.17) is 0 Å². The van der Waals surface area contributed by atoms with Crippen molar-refractivity contribution >= 4 is 5.78 Å². The van der Waals surface area contributed by atoms with E-state index in [1.807, 2.05) is 52.0 Å². The largest absolute Gasteiger partial charge is 0.297 e. The van der Waals surface area contributed by atoms with E-state index in [2.05, 4.69) is 6.07 Å². The molecular weight excluding hydrogens is 210 g/mol. The minimum atomic E-state index is -0.647. The van der Waals surface area contributed by atoms with Crippen molar-refractivity contribution in [2.45, 2.75) is 40.0 Å². The van der Waals surface area contributed by atoms with Gasteiger partial charge in [-0.1, -0.05) is 45.0 Å². The molecule has 0 aromatic heterocycles. The Morgan fingerprint density at radius 1 is 1.41 bits per heavy atom. The topological polar surface area (TPSA) is 40.9 Å². The lowest BCUT2D eigenvalue weighted by molar-refractivity contribution is -0.127. The number of ketones is 1. The van der Waals surface area contributed by atoms with Crippen LogP contribution in [0.1, 0.15) is 44.2 Å². The van der Waals surface area contributed by atoms with Gasteiger partial charge in [0, 0.05) is 5.41 Å². The maximum absolute atomic E-state index is 12.4. The fourth-order valence-electron chi connectivity index (χ4n) is 1.75. The summed E-state index contributed by atoms with van der Waals surface area (Å²) in [4.78, 5) is 12.4. The molecule has 0 fully saturated rings. The van der Waals surface area contributed by atoms with E-state index < -0.39 is 11.3 Å². The summed E-state index contributed by atoms with van der Waals surface area (Å²) in [5.41, 5.74) is 1.39. The molecular formula is C15H19NO. The first-order valence-electron chi connectivity index (χ1n) is 5.93. The minimum Gasteiger partial charge on any atom is -0.297 e. The second-order valence-corrected chi connectivity index (χ2v) is 5.02. The molecule has 0 amide bonds. The number of rotatable bonds is 4. The zero-order valence-electron chi connectivity index (χ0n) is 10.9. The number of nitriles is 1. The van der Waals surface area contributed by atoms with Crippen LogP contribution in [0.4, 0.5) is 0 Å². The average Bonchev–Trinajstić information content (AvgIpc) is 2.32. The number of nitrogens with zero attached hydrogens (tertiary/aromatic N) is 1. The van der Waals surface area contributed by atoms with Crippen LogP contribution in [0.25, 0.3) is 0 Å². The minimum absolute atomic E-state index is 0.0109. The second-order valence-electron chi connectivity index (χ2n) is 5.02. The van der Waals surface area contributed by atoms with Gasteiger partial charge in [0.2, 0.25) is 0 Å². The fraction of sp³-hybridized carbons (Fsp3) is 0.467. The number of carbonyl (C=O) groups is 1. The van der Waals surface area contributed by atoms with Gasteiger partial charge in [-0.2, -0.15) is 5.26 Å². The molecule has 0 bridgehead atoms. The zero-order valence-corrected chi connectivity index (χ0v) is 10.9. The van der Waals surface area contributed by atoms with E-state index in [9.17, 15) is 10.1 Å². The maximum Gasteiger partial charge on any atom is 0.160 e. The monoisotopic (exact) mass is 229 g/mol. The number of hydrogen-bond donors (Lipinski definition) is 0. The Morgan fingerprint density at radius 2 is 2.00 bits per heavy atom. The first kappa shape index (κ1) is 13.4. The summed E-state index contributed by atoms with van der Waals surface area (Å²) in [6.45, 7) is 7.71. The zero-order chi connectivity index (χ0) is 13.1. The van der Waals surface area contributed by atoms with Crippen molar-refractivity contribution in [1.82, 2.24) is 0 Å². The van der Waals surface area contributed by atoms with Crippen molar-refractivity contribution in [2.75, 3.05) is 0 Å². The number of aryl methyl sites for hydroxylation is 1. The van der Waals surface area contributed by atoms with Crippen molar-refractivity contribution in [3.63, 3.8) is 0 Å². The van der Waals surface area contributed by atoms with Crippen LogP contribution in [-0.4, -0.2) is 5.78 Å². The molecule has 1 aromatic rings. The third-order valence-corrected chi connectivity index (χ3v) is 3.44. The molecule has 0 aliphatic carbocycles. The van der Waals surface area contributed by atoms with Crippen LogP contribution in [0.5, 0.6) is 0 Å². The van der Waals surface area contributed by atoms with Gasteiger partial charge >= 0.3 is 0 Å². The molecule has 1 atom stereocenters. The number of Topliss-reactive ketones (excluding diaryl/α,β-unsaturated/α-hetero) is 1. The number of benzene rings is 1. The van der Waals surface area contributed by atoms with Crippen LogP contribution in [0.2, 0.25) is 0 Å². The van der Waals surface area contributed by atoms with Crippen molar-refractivity contribution in [1.29, 1.82) is 5.26 Å². The van der Waals surface area contributed by atoms with E-state index in [0.717, 1.165) is 17.5 Å². The highest BCUT2D eigenvalue weighted by molar-refractivity contribution is 5.93. The van der Waals surface area contributed by atoms with Crippen molar-refractivity contribution < 1.29 is 4.79 Å². The predicted octanol–water partition coefficient (Wildman–Crippen LogP) is 3.61. The Bertz CT molecular complexity index is 454. The van der Waals surface area contributed by atoms with E-state index in [-0.39, 0.29) is 5.78 Å². The van der Waals surface area contributed by atoms with Crippen LogP contribution in [-0.2, 0) is 4.79 Å². The molecule has 1 aromatic carbocycles. The van der Waals surface area contributed by atoms with Crippen LogP contribution in [0, 0.1) is 23.7 Å². The highest BCUT2D eigenvalue weighted by Crippen LogP contribution is 2.31. The van der Waals surface area contributed by atoms with Gasteiger partial charge in [0.05, 0.1) is 6.07 Å². The van der Waals surface area contributed by atoms with E-state index >= 15 is 0 Å². The highest BCUT2D eigenvalue weighted by Gasteiger charge is 2.33. The van der Waals surface area contributed by atoms with Gasteiger partial charge in [-0.25, -0.2) is 0 Å². The molecule has 1 unspecified atom stereocenters. The average molecular weight is 229 g/mol. The Labute approximate surface area is 103 Å². The highest BCUT2D eigenvalue weighted by atomic mass is 16.1. The summed E-state index contributed by atoms with van der Waals surface area (Å²) >= 11 is 0. The third kappa shape index (κ3) is 2.74. The quantitative estimate of drug-likeness (QED) is 0.791. The molecule has 0 N–H and O–H groups in total. The van der Waals surface area contributed by atoms with Gasteiger partial charge in [-0.15, -0.1) is 0 Å². The third-order valence-electron chi connectivity index (χ3n) is 3.44. The predicted molar refractivity (Wildman–Crippen MR) is 68.6 cm³/mol. The number of hydrogen-bond acceptors (Lipinski definition) is 2. The molecule has 0 spiro atoms. The van der Waals surface area contributed by atoms with Gasteiger partial charge < -0.3 is 0 Å². The normalized spacial score (nSPS) is 12.9. The van der Waals surface area contributed by atoms with Gasteiger partial charge in [0.1, 0.15) is 5.92 Å². The molecule has 0 aliphatic rings. The first-order chi connectivity index (χ1) is 7.94. The summed E-state index contributed by atoms with van der Waals surface area (Å²) in [7, 11) is 0. The molecule has 17 heavy (non-hydrogen) atoms. The SMILES string of the molecule is CCC(C)(C)C(=O)C(C#N)c1ccccc1C. The fourth-order valence-corrected chi connectivity index (χ4v) is 1.75. The molecule has 2 nitrogen and oxygen atoms in total. The summed E-state index contributed by atoms with van der Waals surface area (Å²) in [5.74, 6) is -0.636. The Balaban J connectivity index is 3.15. The van der Waals surface area contributed by atoms with E-state index in [1.54, 1.807) is 0 Å². The molecule has 90 valence electrons. The summed E-state index contributed by atoms with van der Waals surface area (Å²) in [6, 6.07) is 9.75. The summed E-state index contributed by atoms with van der Waals surface area (Å²) in [5, 5.41) is 9.26. The number of carbonyl (C=O) groups excluding carboxylic acids is 1. The molecule has 0 saturated heterocycles. The molecule has 1 rings (SSSR count). The van der Waals surface area contributed by atoms with Crippen molar-refractivity contribution in [2.24, 2.45) is 5.41 Å². The molecule has 0 radical (unpaired) electrons. The van der Waals surface area contributed by atoms with Crippen molar-refractivity contribution in [3.05, 3.63) is 35.4 Å². The second kappa shape index (κ2) is 5.14. The van der Waals surface area contributed by atoms with Crippen LogP contribution < -0.4 is 0 Å². The van der Waals surface area contributed by atoms with Gasteiger partial charge in [-0.3, -0.25) is 4.79 Å². The summed E-state index contributed by atoms with van der Waals surface area (Å²) in [6.07, 6.45) is 0.746. The first-order valence-corrected chi connectivity index (χ1v) is 5.93. The van der Waals surface area contributed by atoms with Gasteiger partial charge in [0.15, 0.2) is 5.78 Å². The maximum atomic E-state index is 12.4. The molecule has 2 heteroatoms. The van der Waals surface area contributed by atoms with E-state index in [0.29, 0.717) is 0 Å². The Morgan fingerprint density at radius 3 is 2.47 bits per heavy atom.